The van der Waals surface area contributed by atoms with Crippen molar-refractivity contribution in [2.75, 3.05) is 0 Å². The molecule has 0 saturated heterocycles. The van der Waals surface area contributed by atoms with Crippen LogP contribution in [0, 0.1) is 0 Å². The molecule has 3 aromatic rings. The molecule has 0 heterocycles. The van der Waals surface area contributed by atoms with Crippen LogP contribution in [0.25, 0.3) is 11.1 Å². The summed E-state index contributed by atoms with van der Waals surface area (Å²) in [5.41, 5.74) is 4.62. The molecule has 3 nitrogen and oxygen atoms in total. The topological polar surface area (TPSA) is 45.0 Å². The van der Waals surface area contributed by atoms with Gasteiger partial charge in [-0.1, -0.05) is 60.7 Å². The van der Waals surface area contributed by atoms with Crippen LogP contribution in [-0.2, 0) is 6.61 Å². The molecule has 0 aliphatic rings. The fourth-order valence-corrected chi connectivity index (χ4v) is 2.20. The first-order valence-electron chi connectivity index (χ1n) is 7.13. The average molecular weight is 288 g/mol. The predicted octanol–water partition coefficient (Wildman–Crippen LogP) is 5.26. The maximum atomic E-state index is 9.13. The van der Waals surface area contributed by atoms with Gasteiger partial charge in [-0.2, -0.15) is 5.11 Å². The van der Waals surface area contributed by atoms with Gasteiger partial charge < -0.3 is 5.11 Å². The Hall–Kier alpha value is -2.78. The maximum Gasteiger partial charge on any atom is 0.0935 e. The molecule has 3 rings (SSSR count). The fourth-order valence-electron chi connectivity index (χ4n) is 2.20. The highest BCUT2D eigenvalue weighted by Gasteiger charge is 2.04. The Bertz CT molecular complexity index is 765. The molecule has 3 aromatic carbocycles. The van der Waals surface area contributed by atoms with E-state index in [4.69, 9.17) is 5.11 Å². The van der Waals surface area contributed by atoms with Crippen molar-refractivity contribution in [3.63, 3.8) is 0 Å². The van der Waals surface area contributed by atoms with Gasteiger partial charge in [-0.3, -0.25) is 0 Å². The van der Waals surface area contributed by atoms with E-state index in [1.165, 1.54) is 0 Å². The van der Waals surface area contributed by atoms with Crippen LogP contribution in [0.2, 0.25) is 0 Å². The molecule has 0 atom stereocenters. The molecule has 3 heteroatoms. The SMILES string of the molecule is OCc1ccc(-c2ccccc2N=Nc2ccccc2)cc1. The summed E-state index contributed by atoms with van der Waals surface area (Å²) in [5, 5.41) is 17.8. The van der Waals surface area contributed by atoms with Crippen molar-refractivity contribution in [1.82, 2.24) is 0 Å². The Kier molecular flexibility index (Phi) is 4.37. The Morgan fingerprint density at radius 3 is 2.09 bits per heavy atom. The summed E-state index contributed by atoms with van der Waals surface area (Å²) in [7, 11) is 0. The summed E-state index contributed by atoms with van der Waals surface area (Å²) < 4.78 is 0. The Labute approximate surface area is 129 Å². The Balaban J connectivity index is 1.94. The Morgan fingerprint density at radius 1 is 0.682 bits per heavy atom. The van der Waals surface area contributed by atoms with Gasteiger partial charge in [-0.05, 0) is 29.3 Å². The van der Waals surface area contributed by atoms with Crippen molar-refractivity contribution in [2.24, 2.45) is 10.2 Å². The van der Waals surface area contributed by atoms with Crippen LogP contribution in [-0.4, -0.2) is 5.11 Å². The van der Waals surface area contributed by atoms with Crippen molar-refractivity contribution in [3.8, 4) is 11.1 Å². The number of aliphatic hydroxyl groups is 1. The minimum atomic E-state index is 0.0512. The highest BCUT2D eigenvalue weighted by Crippen LogP contribution is 2.31. The molecule has 0 aromatic heterocycles. The average Bonchev–Trinajstić information content (AvgIpc) is 2.61. The van der Waals surface area contributed by atoms with Crippen molar-refractivity contribution in [1.29, 1.82) is 0 Å². The minimum absolute atomic E-state index is 0.0512. The predicted molar refractivity (Wildman–Crippen MR) is 88.4 cm³/mol. The summed E-state index contributed by atoms with van der Waals surface area (Å²) in [5.74, 6) is 0. The molecule has 0 saturated carbocycles. The van der Waals surface area contributed by atoms with Gasteiger partial charge >= 0.3 is 0 Å². The molecule has 0 amide bonds. The summed E-state index contributed by atoms with van der Waals surface area (Å²) in [6.07, 6.45) is 0. The maximum absolute atomic E-state index is 9.13. The van der Waals surface area contributed by atoms with Gasteiger partial charge in [0, 0.05) is 5.56 Å². The van der Waals surface area contributed by atoms with Gasteiger partial charge in [0.2, 0.25) is 0 Å². The number of azo groups is 1. The second-order valence-electron chi connectivity index (χ2n) is 4.91. The number of nitrogens with zero attached hydrogens (tertiary/aromatic N) is 2. The van der Waals surface area contributed by atoms with Gasteiger partial charge in [0.25, 0.3) is 0 Å². The van der Waals surface area contributed by atoms with Crippen molar-refractivity contribution < 1.29 is 5.11 Å². The molecule has 22 heavy (non-hydrogen) atoms. The van der Waals surface area contributed by atoms with Gasteiger partial charge in [-0.15, -0.1) is 5.11 Å². The smallest absolute Gasteiger partial charge is 0.0935 e. The highest BCUT2D eigenvalue weighted by atomic mass is 16.3. The first-order chi connectivity index (χ1) is 10.9. The van der Waals surface area contributed by atoms with Crippen LogP contribution in [0.1, 0.15) is 5.56 Å². The van der Waals surface area contributed by atoms with E-state index >= 15 is 0 Å². The molecule has 0 aliphatic heterocycles. The first kappa shape index (κ1) is 14.2. The molecule has 0 unspecified atom stereocenters. The number of hydrogen-bond donors (Lipinski definition) is 1. The van der Waals surface area contributed by atoms with Gasteiger partial charge in [0.15, 0.2) is 0 Å². The number of benzene rings is 3. The lowest BCUT2D eigenvalue weighted by Gasteiger charge is -2.06. The summed E-state index contributed by atoms with van der Waals surface area (Å²) in [6.45, 7) is 0.0512. The number of rotatable bonds is 4. The summed E-state index contributed by atoms with van der Waals surface area (Å²) in [6, 6.07) is 25.4. The molecule has 0 radical (unpaired) electrons. The zero-order chi connectivity index (χ0) is 15.2. The van der Waals surface area contributed by atoms with Gasteiger partial charge in [0.05, 0.1) is 18.0 Å². The van der Waals surface area contributed by atoms with E-state index in [-0.39, 0.29) is 6.61 Å². The monoisotopic (exact) mass is 288 g/mol. The third kappa shape index (κ3) is 3.27. The van der Waals surface area contributed by atoms with E-state index in [9.17, 15) is 0 Å². The summed E-state index contributed by atoms with van der Waals surface area (Å²) in [4.78, 5) is 0. The molecular weight excluding hydrogens is 272 g/mol. The van der Waals surface area contributed by atoms with Crippen LogP contribution in [0.5, 0.6) is 0 Å². The molecule has 0 aliphatic carbocycles. The van der Waals surface area contributed by atoms with E-state index < -0.39 is 0 Å². The molecule has 1 N–H and O–H groups in total. The fraction of sp³-hybridized carbons (Fsp3) is 0.0526. The van der Waals surface area contributed by atoms with Gasteiger partial charge in [-0.25, -0.2) is 0 Å². The van der Waals surface area contributed by atoms with E-state index in [2.05, 4.69) is 10.2 Å². The molecule has 0 bridgehead atoms. The lowest BCUT2D eigenvalue weighted by molar-refractivity contribution is 0.282. The van der Waals surface area contributed by atoms with E-state index in [1.54, 1.807) is 0 Å². The highest BCUT2D eigenvalue weighted by molar-refractivity contribution is 5.75. The normalized spacial score (nSPS) is 11.0. The number of hydrogen-bond acceptors (Lipinski definition) is 3. The molecule has 0 fully saturated rings. The zero-order valence-electron chi connectivity index (χ0n) is 12.1. The van der Waals surface area contributed by atoms with Crippen LogP contribution in [0.15, 0.2) is 89.1 Å². The standard InChI is InChI=1S/C19H16N2O/c22-14-15-10-12-16(13-11-15)18-8-4-5-9-19(18)21-20-17-6-2-1-3-7-17/h1-13,22H,14H2. The van der Waals surface area contributed by atoms with E-state index in [0.29, 0.717) is 0 Å². The first-order valence-corrected chi connectivity index (χ1v) is 7.13. The quantitative estimate of drug-likeness (QED) is 0.654. The van der Waals surface area contributed by atoms with Crippen molar-refractivity contribution in [3.05, 3.63) is 84.4 Å². The van der Waals surface area contributed by atoms with Crippen LogP contribution in [0.3, 0.4) is 0 Å². The zero-order valence-corrected chi connectivity index (χ0v) is 12.1. The van der Waals surface area contributed by atoms with Crippen molar-refractivity contribution >= 4 is 11.4 Å². The van der Waals surface area contributed by atoms with Crippen LogP contribution in [0.4, 0.5) is 11.4 Å². The second kappa shape index (κ2) is 6.78. The third-order valence-corrected chi connectivity index (χ3v) is 3.38. The molecule has 0 spiro atoms. The Morgan fingerprint density at radius 2 is 1.36 bits per heavy atom. The molecule has 108 valence electrons. The van der Waals surface area contributed by atoms with Crippen LogP contribution < -0.4 is 0 Å². The number of aliphatic hydroxyl groups excluding tert-OH is 1. The summed E-state index contributed by atoms with van der Waals surface area (Å²) >= 11 is 0. The largest absolute Gasteiger partial charge is 0.392 e. The van der Waals surface area contributed by atoms with Crippen LogP contribution >= 0.6 is 0 Å². The minimum Gasteiger partial charge on any atom is -0.392 e. The second-order valence-corrected chi connectivity index (χ2v) is 4.91. The third-order valence-electron chi connectivity index (χ3n) is 3.38. The van der Waals surface area contributed by atoms with Gasteiger partial charge in [0.1, 0.15) is 0 Å². The van der Waals surface area contributed by atoms with Crippen molar-refractivity contribution in [2.45, 2.75) is 6.61 Å². The molecular formula is C19H16N2O. The van der Waals surface area contributed by atoms with E-state index in [0.717, 1.165) is 28.1 Å². The lowest BCUT2D eigenvalue weighted by atomic mass is 10.0. The van der Waals surface area contributed by atoms with E-state index in [1.807, 2.05) is 78.9 Å². The lowest BCUT2D eigenvalue weighted by Crippen LogP contribution is -1.83.